The molecule has 0 aromatic rings. The summed E-state index contributed by atoms with van der Waals surface area (Å²) in [7, 11) is 0. The van der Waals surface area contributed by atoms with Gasteiger partial charge in [0.2, 0.25) is 0 Å². The molecule has 4 N–H and O–H groups in total. The molecule has 0 rings (SSSR count). The van der Waals surface area contributed by atoms with Gasteiger partial charge in [-0.2, -0.15) is 0 Å². The van der Waals surface area contributed by atoms with Gasteiger partial charge in [0.15, 0.2) is 0 Å². The van der Waals surface area contributed by atoms with E-state index in [0.29, 0.717) is 25.7 Å². The summed E-state index contributed by atoms with van der Waals surface area (Å²) < 4.78 is 0. The lowest BCUT2D eigenvalue weighted by molar-refractivity contribution is -0.137. The van der Waals surface area contributed by atoms with Gasteiger partial charge in [0.25, 0.3) is 0 Å². The van der Waals surface area contributed by atoms with Crippen molar-refractivity contribution >= 4 is 5.97 Å². The van der Waals surface area contributed by atoms with Gasteiger partial charge in [-0.05, 0) is 32.1 Å². The van der Waals surface area contributed by atoms with E-state index in [1.54, 1.807) is 12.2 Å². The van der Waals surface area contributed by atoms with Crippen molar-refractivity contribution in [3.63, 3.8) is 0 Å². The van der Waals surface area contributed by atoms with Crippen LogP contribution < -0.4 is 0 Å². The van der Waals surface area contributed by atoms with Crippen LogP contribution >= 0.6 is 0 Å². The van der Waals surface area contributed by atoms with Crippen LogP contribution in [-0.2, 0) is 4.79 Å². The van der Waals surface area contributed by atoms with Gasteiger partial charge in [0.05, 0.1) is 18.3 Å². The van der Waals surface area contributed by atoms with Crippen LogP contribution in [0, 0.1) is 0 Å². The lowest BCUT2D eigenvalue weighted by Gasteiger charge is -2.13. The van der Waals surface area contributed by atoms with E-state index in [-0.39, 0.29) is 6.42 Å². The van der Waals surface area contributed by atoms with Crippen molar-refractivity contribution in [1.82, 2.24) is 0 Å². The quantitative estimate of drug-likeness (QED) is 0.267. The molecule has 144 valence electrons. The van der Waals surface area contributed by atoms with E-state index in [4.69, 9.17) is 5.11 Å². The van der Waals surface area contributed by atoms with E-state index in [1.807, 2.05) is 18.2 Å². The molecule has 0 aromatic carbocycles. The van der Waals surface area contributed by atoms with Crippen molar-refractivity contribution in [1.29, 1.82) is 0 Å². The van der Waals surface area contributed by atoms with Gasteiger partial charge >= 0.3 is 5.97 Å². The van der Waals surface area contributed by atoms with E-state index in [2.05, 4.69) is 6.92 Å². The molecule has 3 atom stereocenters. The minimum atomic E-state index is -0.989. The zero-order valence-corrected chi connectivity index (χ0v) is 15.3. The third-order valence-corrected chi connectivity index (χ3v) is 3.77. The van der Waals surface area contributed by atoms with E-state index in [0.717, 1.165) is 25.7 Å². The molecule has 0 radical (unpaired) electrons. The fourth-order valence-corrected chi connectivity index (χ4v) is 2.21. The highest BCUT2D eigenvalue weighted by Crippen LogP contribution is 2.07. The first-order valence-corrected chi connectivity index (χ1v) is 9.21. The molecular weight excluding hydrogens is 320 g/mol. The molecule has 0 heterocycles. The van der Waals surface area contributed by atoms with Crippen LogP contribution in [0.4, 0.5) is 0 Å². The fourth-order valence-electron chi connectivity index (χ4n) is 2.21. The normalized spacial score (nSPS) is 16.0. The number of carboxylic acids is 1. The third kappa shape index (κ3) is 15.8. The van der Waals surface area contributed by atoms with Crippen LogP contribution in [0.25, 0.3) is 0 Å². The highest BCUT2D eigenvalue weighted by Gasteiger charge is 2.11. The molecule has 5 nitrogen and oxygen atoms in total. The summed E-state index contributed by atoms with van der Waals surface area (Å²) in [4.78, 5) is 10.3. The SMILES string of the molecule is CCCCCC(O)/C=C\C(O)C(O)C/C=C\C/C=C\CCCC(=O)O. The summed E-state index contributed by atoms with van der Waals surface area (Å²) in [6, 6.07) is 0. The minimum Gasteiger partial charge on any atom is -0.481 e. The number of rotatable bonds is 15. The van der Waals surface area contributed by atoms with Gasteiger partial charge in [-0.3, -0.25) is 4.79 Å². The van der Waals surface area contributed by atoms with Crippen LogP contribution in [0.2, 0.25) is 0 Å². The molecule has 5 heteroatoms. The van der Waals surface area contributed by atoms with Gasteiger partial charge in [0.1, 0.15) is 0 Å². The van der Waals surface area contributed by atoms with E-state index >= 15 is 0 Å². The van der Waals surface area contributed by atoms with E-state index in [9.17, 15) is 20.1 Å². The predicted molar refractivity (Wildman–Crippen MR) is 100 cm³/mol. The van der Waals surface area contributed by atoms with Crippen molar-refractivity contribution in [2.45, 2.75) is 83.0 Å². The summed E-state index contributed by atoms with van der Waals surface area (Å²) in [6.07, 6.45) is 14.6. The highest BCUT2D eigenvalue weighted by molar-refractivity contribution is 5.66. The summed E-state index contributed by atoms with van der Waals surface area (Å²) in [5, 5.41) is 37.9. The summed E-state index contributed by atoms with van der Waals surface area (Å²) >= 11 is 0. The molecule has 25 heavy (non-hydrogen) atoms. The maximum Gasteiger partial charge on any atom is 0.303 e. The second-order valence-electron chi connectivity index (χ2n) is 6.21. The van der Waals surface area contributed by atoms with Gasteiger partial charge in [0, 0.05) is 6.42 Å². The number of aliphatic carboxylic acids is 1. The number of aliphatic hydroxyl groups excluding tert-OH is 3. The second-order valence-corrected chi connectivity index (χ2v) is 6.21. The predicted octanol–water partition coefficient (Wildman–Crippen LogP) is 3.35. The van der Waals surface area contributed by atoms with Crippen LogP contribution in [0.3, 0.4) is 0 Å². The monoisotopic (exact) mass is 354 g/mol. The molecule has 0 saturated carbocycles. The Kier molecular flexibility index (Phi) is 15.1. The zero-order chi connectivity index (χ0) is 18.9. The standard InChI is InChI=1S/C20H34O5/c1-2-3-9-12-17(21)15-16-19(23)18(22)13-10-7-5-4-6-8-11-14-20(24)25/h4,6-7,10,15-19,21-23H,2-3,5,8-9,11-14H2,1H3,(H,24,25)/b6-4-,10-7-,16-15-. The largest absolute Gasteiger partial charge is 0.481 e. The lowest BCUT2D eigenvalue weighted by atomic mass is 10.1. The average Bonchev–Trinajstić information content (AvgIpc) is 2.57. The Hall–Kier alpha value is -1.43. The molecule has 0 aromatic heterocycles. The average molecular weight is 354 g/mol. The number of allylic oxidation sites excluding steroid dienone is 3. The maximum absolute atomic E-state index is 10.3. The molecule has 0 bridgehead atoms. The Morgan fingerprint density at radius 3 is 2.36 bits per heavy atom. The Morgan fingerprint density at radius 1 is 0.960 bits per heavy atom. The molecule has 0 amide bonds. The molecular formula is C20H34O5. The second kappa shape index (κ2) is 16.1. The van der Waals surface area contributed by atoms with Gasteiger partial charge in [-0.1, -0.05) is 62.6 Å². The first kappa shape index (κ1) is 23.6. The van der Waals surface area contributed by atoms with Crippen molar-refractivity contribution < 1.29 is 25.2 Å². The van der Waals surface area contributed by atoms with E-state index in [1.165, 1.54) is 6.08 Å². The Bertz CT molecular complexity index is 414. The molecule has 0 aliphatic carbocycles. The summed E-state index contributed by atoms with van der Waals surface area (Å²) in [6.45, 7) is 2.10. The van der Waals surface area contributed by atoms with Crippen LogP contribution in [0.1, 0.15) is 64.7 Å². The Balaban J connectivity index is 3.86. The van der Waals surface area contributed by atoms with Gasteiger partial charge < -0.3 is 20.4 Å². The highest BCUT2D eigenvalue weighted by atomic mass is 16.4. The first-order valence-electron chi connectivity index (χ1n) is 9.21. The van der Waals surface area contributed by atoms with Crippen LogP contribution in [-0.4, -0.2) is 44.7 Å². The first-order chi connectivity index (χ1) is 12.0. The number of unbranched alkanes of at least 4 members (excludes halogenated alkanes) is 3. The van der Waals surface area contributed by atoms with Crippen molar-refractivity contribution in [2.75, 3.05) is 0 Å². The van der Waals surface area contributed by atoms with Crippen molar-refractivity contribution in [3.8, 4) is 0 Å². The third-order valence-electron chi connectivity index (χ3n) is 3.77. The van der Waals surface area contributed by atoms with Crippen LogP contribution in [0.15, 0.2) is 36.5 Å². The number of aliphatic hydroxyl groups is 3. The molecule has 0 aliphatic heterocycles. The van der Waals surface area contributed by atoms with Crippen molar-refractivity contribution in [3.05, 3.63) is 36.5 Å². The molecule has 0 saturated heterocycles. The molecule has 3 unspecified atom stereocenters. The number of hydrogen-bond donors (Lipinski definition) is 4. The molecule has 0 spiro atoms. The maximum atomic E-state index is 10.3. The smallest absolute Gasteiger partial charge is 0.303 e. The fraction of sp³-hybridized carbons (Fsp3) is 0.650. The molecule has 0 aliphatic rings. The Morgan fingerprint density at radius 2 is 1.68 bits per heavy atom. The van der Waals surface area contributed by atoms with Gasteiger partial charge in [-0.15, -0.1) is 0 Å². The topological polar surface area (TPSA) is 98.0 Å². The Labute approximate surface area is 151 Å². The van der Waals surface area contributed by atoms with Gasteiger partial charge in [-0.25, -0.2) is 0 Å². The minimum absolute atomic E-state index is 0.186. The molecule has 0 fully saturated rings. The van der Waals surface area contributed by atoms with E-state index < -0.39 is 24.3 Å². The lowest BCUT2D eigenvalue weighted by Crippen LogP contribution is -2.23. The zero-order valence-electron chi connectivity index (χ0n) is 15.3. The number of carboxylic acid groups (broad SMARTS) is 1. The van der Waals surface area contributed by atoms with Crippen LogP contribution in [0.5, 0.6) is 0 Å². The number of hydrogen-bond acceptors (Lipinski definition) is 4. The number of carbonyl (C=O) groups is 1. The summed E-state index contributed by atoms with van der Waals surface area (Å²) in [5.41, 5.74) is 0. The van der Waals surface area contributed by atoms with Crippen molar-refractivity contribution in [2.24, 2.45) is 0 Å². The summed E-state index contributed by atoms with van der Waals surface area (Å²) in [5.74, 6) is -0.775.